The SMILES string of the molecule is C#CCN(CC(=O)O)C(C)c1cccc(F)c1. The molecule has 1 rings (SSSR count). The molecule has 0 heterocycles. The van der Waals surface area contributed by atoms with E-state index in [1.807, 2.05) is 0 Å². The van der Waals surface area contributed by atoms with Crippen molar-refractivity contribution in [1.82, 2.24) is 4.90 Å². The number of carboxylic acid groups (broad SMARTS) is 1. The van der Waals surface area contributed by atoms with Crippen LogP contribution in [0.25, 0.3) is 0 Å². The summed E-state index contributed by atoms with van der Waals surface area (Å²) in [6, 6.07) is 5.84. The molecular weight excluding hydrogens is 221 g/mol. The van der Waals surface area contributed by atoms with Crippen molar-refractivity contribution in [3.8, 4) is 12.3 Å². The van der Waals surface area contributed by atoms with Crippen molar-refractivity contribution in [3.05, 3.63) is 35.6 Å². The smallest absolute Gasteiger partial charge is 0.317 e. The molecule has 0 amide bonds. The van der Waals surface area contributed by atoms with E-state index >= 15 is 0 Å². The van der Waals surface area contributed by atoms with Crippen molar-refractivity contribution in [3.63, 3.8) is 0 Å². The van der Waals surface area contributed by atoms with Gasteiger partial charge in [-0.1, -0.05) is 18.1 Å². The first-order valence-electron chi connectivity index (χ1n) is 5.19. The van der Waals surface area contributed by atoms with Crippen molar-refractivity contribution in [1.29, 1.82) is 0 Å². The number of hydrogen-bond donors (Lipinski definition) is 1. The highest BCUT2D eigenvalue weighted by molar-refractivity contribution is 5.69. The molecular formula is C13H14FNO2. The largest absolute Gasteiger partial charge is 0.480 e. The molecule has 0 spiro atoms. The number of aliphatic carboxylic acids is 1. The topological polar surface area (TPSA) is 40.5 Å². The van der Waals surface area contributed by atoms with Gasteiger partial charge in [-0.15, -0.1) is 6.42 Å². The number of halogens is 1. The van der Waals surface area contributed by atoms with Gasteiger partial charge in [-0.25, -0.2) is 4.39 Å². The van der Waals surface area contributed by atoms with E-state index in [1.165, 1.54) is 12.1 Å². The Morgan fingerprint density at radius 1 is 1.65 bits per heavy atom. The van der Waals surface area contributed by atoms with Gasteiger partial charge in [0.1, 0.15) is 5.82 Å². The number of nitrogens with zero attached hydrogens (tertiary/aromatic N) is 1. The number of hydrogen-bond acceptors (Lipinski definition) is 2. The summed E-state index contributed by atoms with van der Waals surface area (Å²) in [5, 5.41) is 8.78. The molecule has 3 nitrogen and oxygen atoms in total. The maximum Gasteiger partial charge on any atom is 0.317 e. The van der Waals surface area contributed by atoms with Crippen molar-refractivity contribution in [2.75, 3.05) is 13.1 Å². The van der Waals surface area contributed by atoms with Gasteiger partial charge in [-0.2, -0.15) is 0 Å². The van der Waals surface area contributed by atoms with Crippen LogP contribution in [0.4, 0.5) is 4.39 Å². The standard InChI is InChI=1S/C13H14FNO2/c1-3-7-15(9-13(16)17)10(2)11-5-4-6-12(14)8-11/h1,4-6,8,10H,7,9H2,2H3,(H,16,17). The summed E-state index contributed by atoms with van der Waals surface area (Å²) in [7, 11) is 0. The first-order valence-corrected chi connectivity index (χ1v) is 5.19. The zero-order valence-electron chi connectivity index (χ0n) is 9.56. The van der Waals surface area contributed by atoms with Crippen LogP contribution in [0.15, 0.2) is 24.3 Å². The maximum atomic E-state index is 13.1. The second kappa shape index (κ2) is 6.02. The second-order valence-electron chi connectivity index (χ2n) is 3.73. The summed E-state index contributed by atoms with van der Waals surface area (Å²) < 4.78 is 13.1. The number of carbonyl (C=O) groups is 1. The predicted octanol–water partition coefficient (Wildman–Crippen LogP) is 1.91. The Hall–Kier alpha value is -1.86. The van der Waals surface area contributed by atoms with Gasteiger partial charge in [0.2, 0.25) is 0 Å². The van der Waals surface area contributed by atoms with Gasteiger partial charge in [0.25, 0.3) is 0 Å². The molecule has 1 unspecified atom stereocenters. The van der Waals surface area contributed by atoms with E-state index < -0.39 is 5.97 Å². The normalized spacial score (nSPS) is 12.1. The molecule has 1 atom stereocenters. The Morgan fingerprint density at radius 2 is 2.35 bits per heavy atom. The summed E-state index contributed by atoms with van der Waals surface area (Å²) in [5.74, 6) is 1.11. The Labute approximate surface area is 99.9 Å². The lowest BCUT2D eigenvalue weighted by molar-refractivity contribution is -0.138. The first-order chi connectivity index (χ1) is 8.04. The fraction of sp³-hybridized carbons (Fsp3) is 0.308. The van der Waals surface area contributed by atoms with E-state index in [4.69, 9.17) is 11.5 Å². The first kappa shape index (κ1) is 13.2. The van der Waals surface area contributed by atoms with Crippen LogP contribution in [-0.2, 0) is 4.79 Å². The Morgan fingerprint density at radius 3 is 2.88 bits per heavy atom. The van der Waals surface area contributed by atoms with Crippen LogP contribution < -0.4 is 0 Å². The molecule has 0 aliphatic rings. The van der Waals surface area contributed by atoms with Crippen LogP contribution in [0.2, 0.25) is 0 Å². The van der Waals surface area contributed by atoms with Gasteiger partial charge in [0.15, 0.2) is 0 Å². The fourth-order valence-corrected chi connectivity index (χ4v) is 1.60. The van der Waals surface area contributed by atoms with Crippen LogP contribution >= 0.6 is 0 Å². The molecule has 90 valence electrons. The average Bonchev–Trinajstić information content (AvgIpc) is 2.27. The fourth-order valence-electron chi connectivity index (χ4n) is 1.60. The zero-order valence-corrected chi connectivity index (χ0v) is 9.56. The summed E-state index contributed by atoms with van der Waals surface area (Å²) >= 11 is 0. The second-order valence-corrected chi connectivity index (χ2v) is 3.73. The van der Waals surface area contributed by atoms with Crippen LogP contribution in [0.5, 0.6) is 0 Å². The molecule has 0 saturated heterocycles. The van der Waals surface area contributed by atoms with E-state index in [1.54, 1.807) is 24.0 Å². The lowest BCUT2D eigenvalue weighted by Crippen LogP contribution is -2.32. The Kier molecular flexibility index (Phi) is 4.68. The molecule has 0 saturated carbocycles. The van der Waals surface area contributed by atoms with Gasteiger partial charge >= 0.3 is 5.97 Å². The number of benzene rings is 1. The van der Waals surface area contributed by atoms with E-state index in [9.17, 15) is 9.18 Å². The number of terminal acetylenes is 1. The molecule has 0 fully saturated rings. The van der Waals surface area contributed by atoms with Crippen molar-refractivity contribution in [2.24, 2.45) is 0 Å². The minimum atomic E-state index is -0.955. The van der Waals surface area contributed by atoms with Crippen molar-refractivity contribution in [2.45, 2.75) is 13.0 Å². The molecule has 1 aromatic carbocycles. The Bertz CT molecular complexity index is 439. The molecule has 0 aliphatic carbocycles. The van der Waals surface area contributed by atoms with E-state index in [0.717, 1.165) is 0 Å². The maximum absolute atomic E-state index is 13.1. The highest BCUT2D eigenvalue weighted by atomic mass is 19.1. The van der Waals surface area contributed by atoms with Crippen LogP contribution in [0, 0.1) is 18.2 Å². The lowest BCUT2D eigenvalue weighted by atomic mass is 10.1. The molecule has 1 aromatic rings. The van der Waals surface area contributed by atoms with Gasteiger partial charge in [0.05, 0.1) is 13.1 Å². The van der Waals surface area contributed by atoms with Crippen LogP contribution in [0.1, 0.15) is 18.5 Å². The number of rotatable bonds is 5. The minimum absolute atomic E-state index is 0.165. The average molecular weight is 235 g/mol. The number of carboxylic acids is 1. The highest BCUT2D eigenvalue weighted by Crippen LogP contribution is 2.20. The van der Waals surface area contributed by atoms with Gasteiger partial charge < -0.3 is 5.11 Å². The third kappa shape index (κ3) is 3.89. The molecule has 0 aliphatic heterocycles. The third-order valence-electron chi connectivity index (χ3n) is 2.51. The Balaban J connectivity index is 2.87. The lowest BCUT2D eigenvalue weighted by Gasteiger charge is -2.25. The van der Waals surface area contributed by atoms with Crippen molar-refractivity contribution >= 4 is 5.97 Å². The summed E-state index contributed by atoms with van der Waals surface area (Å²) in [4.78, 5) is 12.3. The van der Waals surface area contributed by atoms with Crippen molar-refractivity contribution < 1.29 is 14.3 Å². The van der Waals surface area contributed by atoms with Crippen LogP contribution in [0.3, 0.4) is 0 Å². The summed E-state index contributed by atoms with van der Waals surface area (Å²) in [5.41, 5.74) is 0.710. The monoisotopic (exact) mass is 235 g/mol. The summed E-state index contributed by atoms with van der Waals surface area (Å²) in [6.45, 7) is 1.85. The summed E-state index contributed by atoms with van der Waals surface area (Å²) in [6.07, 6.45) is 5.19. The molecule has 4 heteroatoms. The minimum Gasteiger partial charge on any atom is -0.480 e. The molecule has 0 aromatic heterocycles. The quantitative estimate of drug-likeness (QED) is 0.792. The molecule has 1 N–H and O–H groups in total. The predicted molar refractivity (Wildman–Crippen MR) is 62.9 cm³/mol. The molecule has 17 heavy (non-hydrogen) atoms. The zero-order chi connectivity index (χ0) is 12.8. The van der Waals surface area contributed by atoms with E-state index in [-0.39, 0.29) is 24.9 Å². The van der Waals surface area contributed by atoms with Gasteiger partial charge in [-0.3, -0.25) is 9.69 Å². The van der Waals surface area contributed by atoms with E-state index in [0.29, 0.717) is 5.56 Å². The highest BCUT2D eigenvalue weighted by Gasteiger charge is 2.17. The third-order valence-corrected chi connectivity index (χ3v) is 2.51. The van der Waals surface area contributed by atoms with Crippen LogP contribution in [-0.4, -0.2) is 29.1 Å². The van der Waals surface area contributed by atoms with E-state index in [2.05, 4.69) is 5.92 Å². The molecule has 0 radical (unpaired) electrons. The van der Waals surface area contributed by atoms with Gasteiger partial charge in [0, 0.05) is 6.04 Å². The molecule has 0 bridgehead atoms. The van der Waals surface area contributed by atoms with Gasteiger partial charge in [-0.05, 0) is 24.6 Å².